The summed E-state index contributed by atoms with van der Waals surface area (Å²) in [7, 11) is 0. The molecule has 98 valence electrons. The smallest absolute Gasteiger partial charge is 0.251 e. The van der Waals surface area contributed by atoms with Crippen molar-refractivity contribution in [3.05, 3.63) is 34.9 Å². The summed E-state index contributed by atoms with van der Waals surface area (Å²) in [5, 5.41) is 3.42. The fourth-order valence-electron chi connectivity index (χ4n) is 2.44. The van der Waals surface area contributed by atoms with Gasteiger partial charge in [0.15, 0.2) is 0 Å². The molecule has 3 heteroatoms. The van der Waals surface area contributed by atoms with E-state index in [4.69, 9.17) is 11.6 Å². The van der Waals surface area contributed by atoms with Crippen molar-refractivity contribution < 1.29 is 4.79 Å². The molecular weight excluding hydrogens is 246 g/mol. The normalized spacial score (nSPS) is 23.7. The van der Waals surface area contributed by atoms with Crippen molar-refractivity contribution in [2.75, 3.05) is 0 Å². The Morgan fingerprint density at radius 1 is 1.22 bits per heavy atom. The molecule has 0 aliphatic heterocycles. The van der Waals surface area contributed by atoms with E-state index in [2.05, 4.69) is 5.32 Å². The van der Waals surface area contributed by atoms with Crippen LogP contribution in [0.5, 0.6) is 0 Å². The van der Waals surface area contributed by atoms with Gasteiger partial charge < -0.3 is 5.32 Å². The summed E-state index contributed by atoms with van der Waals surface area (Å²) < 4.78 is 0. The van der Waals surface area contributed by atoms with Crippen LogP contribution in [-0.4, -0.2) is 17.3 Å². The first kappa shape index (κ1) is 13.4. The minimum absolute atomic E-state index is 0.0502. The zero-order valence-electron chi connectivity index (χ0n) is 11.0. The summed E-state index contributed by atoms with van der Waals surface area (Å²) in [6.07, 6.45) is 3.98. The van der Waals surface area contributed by atoms with Crippen LogP contribution in [0.4, 0.5) is 0 Å². The van der Waals surface area contributed by atoms with Gasteiger partial charge in [0, 0.05) is 17.0 Å². The fourth-order valence-corrected chi connectivity index (χ4v) is 2.69. The first-order valence-electron chi connectivity index (χ1n) is 6.58. The van der Waals surface area contributed by atoms with Crippen LogP contribution in [0.1, 0.15) is 47.2 Å². The highest BCUT2D eigenvalue weighted by molar-refractivity contribution is 6.20. The van der Waals surface area contributed by atoms with Crippen molar-refractivity contribution in [1.29, 1.82) is 0 Å². The molecule has 0 bridgehead atoms. The third-order valence-corrected chi connectivity index (χ3v) is 4.07. The first-order valence-corrected chi connectivity index (χ1v) is 7.02. The number of aryl methyl sites for hydroxylation is 2. The molecule has 0 aromatic heterocycles. The lowest BCUT2D eigenvalue weighted by atomic mass is 9.94. The molecule has 1 aromatic carbocycles. The number of amides is 1. The zero-order chi connectivity index (χ0) is 13.1. The minimum atomic E-state index is 0.0502. The number of carbonyl (C=O) groups is 1. The molecule has 0 saturated heterocycles. The number of hydrogen-bond donors (Lipinski definition) is 1. The van der Waals surface area contributed by atoms with Crippen molar-refractivity contribution >= 4 is 17.5 Å². The molecule has 1 aromatic rings. The van der Waals surface area contributed by atoms with Crippen LogP contribution < -0.4 is 5.32 Å². The minimum Gasteiger partial charge on any atom is -0.349 e. The third-order valence-electron chi connectivity index (χ3n) is 3.63. The first-order chi connectivity index (χ1) is 8.56. The van der Waals surface area contributed by atoms with E-state index in [0.717, 1.165) is 42.4 Å². The molecule has 2 rings (SSSR count). The topological polar surface area (TPSA) is 29.1 Å². The molecule has 1 aliphatic rings. The van der Waals surface area contributed by atoms with Gasteiger partial charge in [-0.25, -0.2) is 0 Å². The molecule has 0 heterocycles. The molecule has 0 spiro atoms. The Bertz CT molecular complexity index is 436. The van der Waals surface area contributed by atoms with Crippen molar-refractivity contribution in [3.63, 3.8) is 0 Å². The van der Waals surface area contributed by atoms with E-state index in [1.807, 2.05) is 32.0 Å². The molecule has 18 heavy (non-hydrogen) atoms. The molecule has 1 amide bonds. The summed E-state index contributed by atoms with van der Waals surface area (Å²) >= 11 is 6.07. The van der Waals surface area contributed by atoms with E-state index in [9.17, 15) is 4.79 Å². The molecule has 1 fully saturated rings. The van der Waals surface area contributed by atoms with Crippen molar-refractivity contribution in [2.24, 2.45) is 0 Å². The Hall–Kier alpha value is -1.02. The Morgan fingerprint density at radius 3 is 2.56 bits per heavy atom. The Labute approximate surface area is 114 Å². The predicted molar refractivity (Wildman–Crippen MR) is 75.3 cm³/mol. The highest BCUT2D eigenvalue weighted by Crippen LogP contribution is 2.23. The standard InChI is InChI=1S/C15H20ClNO/c1-10-3-4-11(2)14(9-10)15(18)17-13-7-5-12(16)6-8-13/h3-4,9,12-13H,5-8H2,1-2H3,(H,17,18). The van der Waals surface area contributed by atoms with Crippen LogP contribution in [0.2, 0.25) is 0 Å². The predicted octanol–water partition coefficient (Wildman–Crippen LogP) is 3.58. The molecular formula is C15H20ClNO. The van der Waals surface area contributed by atoms with E-state index < -0.39 is 0 Å². The number of rotatable bonds is 2. The fraction of sp³-hybridized carbons (Fsp3) is 0.533. The summed E-state index contributed by atoms with van der Waals surface area (Å²) in [5.41, 5.74) is 2.95. The second-order valence-corrected chi connectivity index (χ2v) is 5.86. The Morgan fingerprint density at radius 2 is 1.89 bits per heavy atom. The lowest BCUT2D eigenvalue weighted by Crippen LogP contribution is -2.38. The second-order valence-electron chi connectivity index (χ2n) is 5.24. The van der Waals surface area contributed by atoms with Gasteiger partial charge in [0.05, 0.1) is 0 Å². The molecule has 0 unspecified atom stereocenters. The molecule has 2 nitrogen and oxygen atoms in total. The van der Waals surface area contributed by atoms with Crippen LogP contribution in [0.15, 0.2) is 18.2 Å². The van der Waals surface area contributed by atoms with Crippen molar-refractivity contribution in [2.45, 2.75) is 50.9 Å². The van der Waals surface area contributed by atoms with Gasteiger partial charge in [0.2, 0.25) is 0 Å². The van der Waals surface area contributed by atoms with Gasteiger partial charge in [-0.3, -0.25) is 4.79 Å². The molecule has 1 N–H and O–H groups in total. The average molecular weight is 266 g/mol. The number of carbonyl (C=O) groups excluding carboxylic acids is 1. The van der Waals surface area contributed by atoms with Gasteiger partial charge in [-0.15, -0.1) is 11.6 Å². The van der Waals surface area contributed by atoms with Gasteiger partial charge in [-0.1, -0.05) is 17.7 Å². The lowest BCUT2D eigenvalue weighted by molar-refractivity contribution is 0.0927. The molecule has 0 radical (unpaired) electrons. The van der Waals surface area contributed by atoms with Crippen molar-refractivity contribution in [1.82, 2.24) is 5.32 Å². The van der Waals surface area contributed by atoms with Gasteiger partial charge in [0.25, 0.3) is 5.91 Å². The van der Waals surface area contributed by atoms with Crippen LogP contribution in [-0.2, 0) is 0 Å². The highest BCUT2D eigenvalue weighted by Gasteiger charge is 2.21. The van der Waals surface area contributed by atoms with E-state index in [-0.39, 0.29) is 11.9 Å². The molecule has 0 atom stereocenters. The van der Waals surface area contributed by atoms with Crippen molar-refractivity contribution in [3.8, 4) is 0 Å². The van der Waals surface area contributed by atoms with E-state index in [1.54, 1.807) is 0 Å². The number of hydrogen-bond acceptors (Lipinski definition) is 1. The highest BCUT2D eigenvalue weighted by atomic mass is 35.5. The maximum Gasteiger partial charge on any atom is 0.251 e. The molecule has 1 saturated carbocycles. The number of nitrogens with one attached hydrogen (secondary N) is 1. The monoisotopic (exact) mass is 265 g/mol. The Balaban J connectivity index is 2.01. The third kappa shape index (κ3) is 3.26. The van der Waals surface area contributed by atoms with Crippen LogP contribution in [0.3, 0.4) is 0 Å². The van der Waals surface area contributed by atoms with Gasteiger partial charge in [0.1, 0.15) is 0 Å². The van der Waals surface area contributed by atoms with Gasteiger partial charge in [-0.05, 0) is 51.2 Å². The van der Waals surface area contributed by atoms with Gasteiger partial charge >= 0.3 is 0 Å². The van der Waals surface area contributed by atoms with E-state index >= 15 is 0 Å². The van der Waals surface area contributed by atoms with Crippen LogP contribution >= 0.6 is 11.6 Å². The zero-order valence-corrected chi connectivity index (χ0v) is 11.8. The maximum atomic E-state index is 12.2. The lowest BCUT2D eigenvalue weighted by Gasteiger charge is -2.26. The largest absolute Gasteiger partial charge is 0.349 e. The molecule has 1 aliphatic carbocycles. The number of alkyl halides is 1. The second kappa shape index (κ2) is 5.75. The maximum absolute atomic E-state index is 12.2. The van der Waals surface area contributed by atoms with E-state index in [0.29, 0.717) is 5.38 Å². The SMILES string of the molecule is Cc1ccc(C)c(C(=O)NC2CCC(Cl)CC2)c1. The van der Waals surface area contributed by atoms with Crippen LogP contribution in [0, 0.1) is 13.8 Å². The Kier molecular flexibility index (Phi) is 4.28. The summed E-state index contributed by atoms with van der Waals surface area (Å²) in [6.45, 7) is 3.99. The summed E-state index contributed by atoms with van der Waals surface area (Å²) in [5.74, 6) is 0.0502. The van der Waals surface area contributed by atoms with Crippen LogP contribution in [0.25, 0.3) is 0 Å². The van der Waals surface area contributed by atoms with Gasteiger partial charge in [-0.2, -0.15) is 0 Å². The quantitative estimate of drug-likeness (QED) is 0.814. The summed E-state index contributed by atoms with van der Waals surface area (Å²) in [4.78, 5) is 12.2. The average Bonchev–Trinajstić information content (AvgIpc) is 2.35. The van der Waals surface area contributed by atoms with E-state index in [1.165, 1.54) is 0 Å². The number of halogens is 1. The summed E-state index contributed by atoms with van der Waals surface area (Å²) in [6, 6.07) is 6.27. The number of benzene rings is 1.